The largest absolute Gasteiger partial charge is 0.268 e. The summed E-state index contributed by atoms with van der Waals surface area (Å²) in [6, 6.07) is 7.74. The number of aromatic nitrogens is 3. The fraction of sp³-hybridized carbons (Fsp3) is 0.333. The molecule has 0 amide bonds. The number of pyridine rings is 1. The van der Waals surface area contributed by atoms with Gasteiger partial charge in [-0.1, -0.05) is 25.0 Å². The van der Waals surface area contributed by atoms with Crippen LogP contribution in [0.1, 0.15) is 37.3 Å². The van der Waals surface area contributed by atoms with Crippen LogP contribution in [0.15, 0.2) is 53.1 Å². The first-order valence-corrected chi connectivity index (χ1v) is 11.0. The van der Waals surface area contributed by atoms with Crippen LogP contribution < -0.4 is 4.72 Å². The molecule has 0 bridgehead atoms. The van der Waals surface area contributed by atoms with E-state index in [0.29, 0.717) is 5.69 Å². The molecule has 3 aromatic heterocycles. The van der Waals surface area contributed by atoms with Gasteiger partial charge in [0.2, 0.25) is 10.0 Å². The van der Waals surface area contributed by atoms with Gasteiger partial charge in [0.25, 0.3) is 0 Å². The maximum Gasteiger partial charge on any atom is 0.244 e. The number of rotatable bonds is 6. The van der Waals surface area contributed by atoms with E-state index in [2.05, 4.69) is 14.8 Å². The Balaban J connectivity index is 1.67. The first-order chi connectivity index (χ1) is 12.6. The molecule has 0 unspecified atom stereocenters. The minimum atomic E-state index is -3.68. The predicted octanol–water partition coefficient (Wildman–Crippen LogP) is 3.60. The summed E-state index contributed by atoms with van der Waals surface area (Å²) in [5.74, 6) is 0. The molecular formula is C18H20N4O2S2. The van der Waals surface area contributed by atoms with Crippen molar-refractivity contribution < 1.29 is 8.42 Å². The van der Waals surface area contributed by atoms with E-state index in [4.69, 9.17) is 0 Å². The monoisotopic (exact) mass is 388 g/mol. The quantitative estimate of drug-likeness (QED) is 0.700. The Labute approximate surface area is 157 Å². The molecule has 1 fully saturated rings. The van der Waals surface area contributed by atoms with Gasteiger partial charge in [0, 0.05) is 25.1 Å². The summed E-state index contributed by atoms with van der Waals surface area (Å²) in [7, 11) is -3.68. The van der Waals surface area contributed by atoms with Crippen LogP contribution in [0.4, 0.5) is 0 Å². The van der Waals surface area contributed by atoms with Crippen molar-refractivity contribution in [3.05, 3.63) is 53.8 Å². The van der Waals surface area contributed by atoms with Crippen molar-refractivity contribution in [1.82, 2.24) is 19.5 Å². The molecule has 0 spiro atoms. The predicted molar refractivity (Wildman–Crippen MR) is 101 cm³/mol. The minimum absolute atomic E-state index is 0.203. The molecule has 0 aromatic carbocycles. The molecule has 0 saturated heterocycles. The van der Waals surface area contributed by atoms with Crippen LogP contribution in [0, 0.1) is 0 Å². The highest BCUT2D eigenvalue weighted by atomic mass is 32.2. The van der Waals surface area contributed by atoms with Crippen LogP contribution in [-0.2, 0) is 16.6 Å². The first kappa shape index (κ1) is 17.4. The molecule has 1 aliphatic carbocycles. The third-order valence-electron chi connectivity index (χ3n) is 4.63. The number of nitrogens with zero attached hydrogens (tertiary/aromatic N) is 3. The summed E-state index contributed by atoms with van der Waals surface area (Å²) in [5, 5.41) is 6.59. The lowest BCUT2D eigenvalue weighted by atomic mass is 10.3. The van der Waals surface area contributed by atoms with E-state index in [-0.39, 0.29) is 17.5 Å². The number of sulfonamides is 1. The highest BCUT2D eigenvalue weighted by Crippen LogP contribution is 2.34. The van der Waals surface area contributed by atoms with E-state index >= 15 is 0 Å². The molecule has 8 heteroatoms. The Bertz CT molecular complexity index is 960. The van der Waals surface area contributed by atoms with Crippen molar-refractivity contribution in [1.29, 1.82) is 0 Å². The molecule has 136 valence electrons. The van der Waals surface area contributed by atoms with Crippen molar-refractivity contribution in [3.63, 3.8) is 0 Å². The normalized spacial score (nSPS) is 15.5. The highest BCUT2D eigenvalue weighted by molar-refractivity contribution is 7.89. The van der Waals surface area contributed by atoms with E-state index in [9.17, 15) is 8.42 Å². The van der Waals surface area contributed by atoms with E-state index in [1.807, 2.05) is 28.3 Å². The second kappa shape index (κ2) is 7.30. The van der Waals surface area contributed by atoms with E-state index in [1.54, 1.807) is 24.7 Å². The van der Waals surface area contributed by atoms with Crippen molar-refractivity contribution in [3.8, 4) is 10.6 Å². The zero-order chi connectivity index (χ0) is 18.0. The molecule has 1 aliphatic rings. The smallest absolute Gasteiger partial charge is 0.244 e. The third-order valence-corrected chi connectivity index (χ3v) is 6.91. The molecule has 3 heterocycles. The Kier molecular flexibility index (Phi) is 4.88. The molecule has 4 rings (SSSR count). The van der Waals surface area contributed by atoms with Crippen LogP contribution >= 0.6 is 11.3 Å². The third kappa shape index (κ3) is 3.58. The summed E-state index contributed by atoms with van der Waals surface area (Å²) in [4.78, 5) is 5.13. The van der Waals surface area contributed by atoms with Gasteiger partial charge in [-0.05, 0) is 35.9 Å². The average Bonchev–Trinajstić information content (AvgIpc) is 3.41. The zero-order valence-electron chi connectivity index (χ0n) is 14.2. The molecular weight excluding hydrogens is 368 g/mol. The second-order valence-electron chi connectivity index (χ2n) is 6.42. The van der Waals surface area contributed by atoms with Gasteiger partial charge in [0.15, 0.2) is 0 Å². The second-order valence-corrected chi connectivity index (χ2v) is 9.11. The van der Waals surface area contributed by atoms with Crippen molar-refractivity contribution >= 4 is 21.4 Å². The van der Waals surface area contributed by atoms with Crippen LogP contribution in [0.3, 0.4) is 0 Å². The van der Waals surface area contributed by atoms with Crippen molar-refractivity contribution in [2.24, 2.45) is 0 Å². The lowest BCUT2D eigenvalue weighted by Crippen LogP contribution is -2.23. The standard InChI is InChI=1S/C18H20N4O2S2/c23-26(24,20-12-14-5-3-9-19-11-14)17-13-22(15-6-1-2-7-15)21-18(17)16-8-4-10-25-16/h3-5,8-11,13,15,20H,1-2,6-7,12H2. The van der Waals surface area contributed by atoms with Gasteiger partial charge in [0.05, 0.1) is 10.9 Å². The molecule has 0 radical (unpaired) electrons. The van der Waals surface area contributed by atoms with Gasteiger partial charge >= 0.3 is 0 Å². The molecule has 1 N–H and O–H groups in total. The summed E-state index contributed by atoms with van der Waals surface area (Å²) < 4.78 is 30.5. The Morgan fingerprint density at radius 2 is 2.08 bits per heavy atom. The number of nitrogens with one attached hydrogen (secondary N) is 1. The van der Waals surface area contributed by atoms with Gasteiger partial charge in [0.1, 0.15) is 10.6 Å². The van der Waals surface area contributed by atoms with Gasteiger partial charge in [-0.2, -0.15) is 5.10 Å². The van der Waals surface area contributed by atoms with E-state index in [1.165, 1.54) is 24.2 Å². The van der Waals surface area contributed by atoms with Crippen LogP contribution in [0.25, 0.3) is 10.6 Å². The van der Waals surface area contributed by atoms with E-state index < -0.39 is 10.0 Å². The maximum atomic E-state index is 13.0. The van der Waals surface area contributed by atoms with Crippen LogP contribution in [0.2, 0.25) is 0 Å². The molecule has 6 nitrogen and oxygen atoms in total. The number of hydrogen-bond acceptors (Lipinski definition) is 5. The molecule has 3 aromatic rings. The molecule has 0 atom stereocenters. The Morgan fingerprint density at radius 3 is 2.77 bits per heavy atom. The summed E-state index contributed by atoms with van der Waals surface area (Å²) >= 11 is 1.50. The highest BCUT2D eigenvalue weighted by Gasteiger charge is 2.27. The lowest BCUT2D eigenvalue weighted by molar-refractivity contribution is 0.467. The number of hydrogen-bond donors (Lipinski definition) is 1. The van der Waals surface area contributed by atoms with Gasteiger partial charge in [-0.15, -0.1) is 11.3 Å². The van der Waals surface area contributed by atoms with E-state index in [0.717, 1.165) is 23.3 Å². The molecule has 26 heavy (non-hydrogen) atoms. The van der Waals surface area contributed by atoms with Gasteiger partial charge in [-0.3, -0.25) is 9.67 Å². The molecule has 0 aliphatic heterocycles. The average molecular weight is 389 g/mol. The summed E-state index contributed by atoms with van der Waals surface area (Å²) in [5.41, 5.74) is 1.35. The lowest BCUT2D eigenvalue weighted by Gasteiger charge is -2.08. The topological polar surface area (TPSA) is 76.9 Å². The minimum Gasteiger partial charge on any atom is -0.268 e. The Morgan fingerprint density at radius 1 is 1.23 bits per heavy atom. The van der Waals surface area contributed by atoms with Crippen LogP contribution in [-0.4, -0.2) is 23.2 Å². The van der Waals surface area contributed by atoms with Crippen molar-refractivity contribution in [2.75, 3.05) is 0 Å². The zero-order valence-corrected chi connectivity index (χ0v) is 15.8. The maximum absolute atomic E-state index is 13.0. The first-order valence-electron chi connectivity index (χ1n) is 8.65. The fourth-order valence-electron chi connectivity index (χ4n) is 3.27. The Hall–Kier alpha value is -2.03. The summed E-state index contributed by atoms with van der Waals surface area (Å²) in [6.07, 6.45) is 9.45. The van der Waals surface area contributed by atoms with Gasteiger partial charge < -0.3 is 0 Å². The number of thiophene rings is 1. The fourth-order valence-corrected chi connectivity index (χ4v) is 5.22. The van der Waals surface area contributed by atoms with Crippen LogP contribution in [0.5, 0.6) is 0 Å². The summed E-state index contributed by atoms with van der Waals surface area (Å²) in [6.45, 7) is 0.203. The SMILES string of the molecule is O=S(=O)(NCc1cccnc1)c1cn(C2CCCC2)nc1-c1cccs1. The van der Waals surface area contributed by atoms with Crippen molar-refractivity contribution in [2.45, 2.75) is 43.2 Å². The van der Waals surface area contributed by atoms with Gasteiger partial charge in [-0.25, -0.2) is 13.1 Å². The molecule has 1 saturated carbocycles.